The van der Waals surface area contributed by atoms with Crippen LogP contribution in [0.25, 0.3) is 0 Å². The van der Waals surface area contributed by atoms with Crippen LogP contribution in [0, 0.1) is 6.92 Å². The highest BCUT2D eigenvalue weighted by Gasteiger charge is 2.15. The van der Waals surface area contributed by atoms with Gasteiger partial charge in [-0.05, 0) is 44.2 Å². The van der Waals surface area contributed by atoms with Crippen LogP contribution in [-0.4, -0.2) is 31.6 Å². The molecule has 1 rings (SSSR count). The zero-order valence-corrected chi connectivity index (χ0v) is 14.5. The van der Waals surface area contributed by atoms with Gasteiger partial charge in [-0.25, -0.2) is 0 Å². The molecule has 3 heteroatoms. The molecule has 1 aromatic rings. The van der Waals surface area contributed by atoms with Crippen molar-refractivity contribution in [2.45, 2.75) is 46.2 Å². The molecule has 20 heavy (non-hydrogen) atoms. The van der Waals surface area contributed by atoms with E-state index in [0.29, 0.717) is 6.04 Å². The van der Waals surface area contributed by atoms with E-state index in [1.807, 2.05) is 11.8 Å². The normalized spacial score (nSPS) is 12.4. The van der Waals surface area contributed by atoms with Crippen LogP contribution >= 0.6 is 11.8 Å². The highest BCUT2D eigenvalue weighted by molar-refractivity contribution is 7.98. The van der Waals surface area contributed by atoms with Crippen molar-refractivity contribution in [2.75, 3.05) is 30.5 Å². The second kappa shape index (κ2) is 9.30. The summed E-state index contributed by atoms with van der Waals surface area (Å²) in [7, 11) is 2.23. The Bertz CT molecular complexity index is 393. The molecule has 0 fully saturated rings. The molecule has 1 N–H and O–H groups in total. The summed E-state index contributed by atoms with van der Waals surface area (Å²) in [5.41, 5.74) is 4.13. The van der Waals surface area contributed by atoms with Crippen LogP contribution in [0.2, 0.25) is 0 Å². The summed E-state index contributed by atoms with van der Waals surface area (Å²) in [5.74, 6) is 1.18. The standard InChI is InChI=1S/C17H30N2S/c1-6-10-18-12-15-11-14(3)8-9-17(15)19(4)16(7-2)13-20-5/h8-9,11,16,18H,6-7,10,12-13H2,1-5H3. The predicted molar refractivity (Wildman–Crippen MR) is 94.0 cm³/mol. The Balaban J connectivity index is 2.90. The van der Waals surface area contributed by atoms with Crippen molar-refractivity contribution < 1.29 is 0 Å². The summed E-state index contributed by atoms with van der Waals surface area (Å²) < 4.78 is 0. The third kappa shape index (κ3) is 5.02. The number of benzene rings is 1. The van der Waals surface area contributed by atoms with Crippen LogP contribution in [0.1, 0.15) is 37.8 Å². The van der Waals surface area contributed by atoms with Crippen LogP contribution in [0.5, 0.6) is 0 Å². The number of thioether (sulfide) groups is 1. The van der Waals surface area contributed by atoms with E-state index in [1.54, 1.807) is 0 Å². The smallest absolute Gasteiger partial charge is 0.0412 e. The molecule has 0 saturated carbocycles. The number of nitrogens with zero attached hydrogens (tertiary/aromatic N) is 1. The molecule has 1 aromatic carbocycles. The maximum atomic E-state index is 3.53. The first-order valence-electron chi connectivity index (χ1n) is 7.66. The van der Waals surface area contributed by atoms with Crippen molar-refractivity contribution in [3.05, 3.63) is 29.3 Å². The summed E-state index contributed by atoms with van der Waals surface area (Å²) >= 11 is 1.93. The minimum Gasteiger partial charge on any atom is -0.371 e. The fraction of sp³-hybridized carbons (Fsp3) is 0.647. The lowest BCUT2D eigenvalue weighted by Crippen LogP contribution is -2.34. The third-order valence-electron chi connectivity index (χ3n) is 3.74. The highest BCUT2D eigenvalue weighted by Crippen LogP contribution is 2.24. The molecule has 0 saturated heterocycles. The summed E-state index contributed by atoms with van der Waals surface area (Å²) in [6, 6.07) is 7.43. The second-order valence-electron chi connectivity index (χ2n) is 5.44. The summed E-state index contributed by atoms with van der Waals surface area (Å²) in [6.07, 6.45) is 4.56. The van der Waals surface area contributed by atoms with E-state index in [-0.39, 0.29) is 0 Å². The minimum atomic E-state index is 0.609. The van der Waals surface area contributed by atoms with Crippen molar-refractivity contribution in [2.24, 2.45) is 0 Å². The Kier molecular flexibility index (Phi) is 8.08. The van der Waals surface area contributed by atoms with Gasteiger partial charge in [0.25, 0.3) is 0 Å². The summed E-state index contributed by atoms with van der Waals surface area (Å²) in [5, 5.41) is 3.53. The molecule has 0 radical (unpaired) electrons. The quantitative estimate of drug-likeness (QED) is 0.691. The molecule has 0 amide bonds. The number of nitrogens with one attached hydrogen (secondary N) is 1. The van der Waals surface area contributed by atoms with Crippen molar-refractivity contribution in [3.8, 4) is 0 Å². The van der Waals surface area contributed by atoms with Gasteiger partial charge in [0.15, 0.2) is 0 Å². The van der Waals surface area contributed by atoms with Gasteiger partial charge in [0, 0.05) is 31.1 Å². The monoisotopic (exact) mass is 294 g/mol. The Morgan fingerprint density at radius 1 is 1.30 bits per heavy atom. The Morgan fingerprint density at radius 2 is 2.05 bits per heavy atom. The topological polar surface area (TPSA) is 15.3 Å². The van der Waals surface area contributed by atoms with Crippen molar-refractivity contribution in [1.82, 2.24) is 5.32 Å². The molecule has 1 unspecified atom stereocenters. The van der Waals surface area contributed by atoms with Crippen molar-refractivity contribution in [1.29, 1.82) is 0 Å². The molecule has 0 aliphatic rings. The molecule has 0 aliphatic carbocycles. The lowest BCUT2D eigenvalue weighted by molar-refractivity contribution is 0.652. The van der Waals surface area contributed by atoms with Crippen molar-refractivity contribution in [3.63, 3.8) is 0 Å². The molecular formula is C17H30N2S. The Labute approximate surface area is 129 Å². The van der Waals surface area contributed by atoms with Gasteiger partial charge in [0.05, 0.1) is 0 Å². The van der Waals surface area contributed by atoms with Gasteiger partial charge in [-0.1, -0.05) is 31.5 Å². The van der Waals surface area contributed by atoms with Gasteiger partial charge in [-0.3, -0.25) is 0 Å². The van der Waals surface area contributed by atoms with Gasteiger partial charge >= 0.3 is 0 Å². The summed E-state index contributed by atoms with van der Waals surface area (Å²) in [4.78, 5) is 2.46. The van der Waals surface area contributed by atoms with Crippen LogP contribution < -0.4 is 10.2 Å². The molecule has 2 nitrogen and oxygen atoms in total. The summed E-state index contributed by atoms with van der Waals surface area (Å²) in [6.45, 7) is 8.71. The predicted octanol–water partition coefficient (Wildman–Crippen LogP) is 4.07. The highest BCUT2D eigenvalue weighted by atomic mass is 32.2. The van der Waals surface area contributed by atoms with Gasteiger partial charge in [0.2, 0.25) is 0 Å². The van der Waals surface area contributed by atoms with Gasteiger partial charge in [0.1, 0.15) is 0 Å². The van der Waals surface area contributed by atoms with Gasteiger partial charge in [-0.15, -0.1) is 0 Å². The number of aryl methyl sites for hydroxylation is 1. The SMILES string of the molecule is CCCNCc1cc(C)ccc1N(C)C(CC)CSC. The Morgan fingerprint density at radius 3 is 2.65 bits per heavy atom. The van der Waals surface area contributed by atoms with Crippen LogP contribution in [0.4, 0.5) is 5.69 Å². The average molecular weight is 295 g/mol. The van der Waals surface area contributed by atoms with E-state index in [1.165, 1.54) is 35.4 Å². The van der Waals surface area contributed by atoms with E-state index in [9.17, 15) is 0 Å². The van der Waals surface area contributed by atoms with E-state index >= 15 is 0 Å². The fourth-order valence-electron chi connectivity index (χ4n) is 2.49. The van der Waals surface area contributed by atoms with Crippen LogP contribution in [0.15, 0.2) is 18.2 Å². The molecule has 0 spiro atoms. The maximum Gasteiger partial charge on any atom is 0.0412 e. The first-order valence-corrected chi connectivity index (χ1v) is 9.05. The Hall–Kier alpha value is -0.670. The second-order valence-corrected chi connectivity index (χ2v) is 6.35. The molecule has 0 aromatic heterocycles. The number of anilines is 1. The minimum absolute atomic E-state index is 0.609. The molecule has 0 bridgehead atoms. The maximum absolute atomic E-state index is 3.53. The molecular weight excluding hydrogens is 264 g/mol. The van der Waals surface area contributed by atoms with E-state index in [0.717, 1.165) is 13.1 Å². The molecule has 0 heterocycles. The van der Waals surface area contributed by atoms with E-state index in [2.05, 4.69) is 62.5 Å². The van der Waals surface area contributed by atoms with Crippen LogP contribution in [0.3, 0.4) is 0 Å². The molecule has 1 atom stereocenters. The molecule has 114 valence electrons. The molecule has 0 aliphatic heterocycles. The first kappa shape index (κ1) is 17.4. The van der Waals surface area contributed by atoms with E-state index in [4.69, 9.17) is 0 Å². The third-order valence-corrected chi connectivity index (χ3v) is 4.45. The van der Waals surface area contributed by atoms with Gasteiger partial charge in [-0.2, -0.15) is 11.8 Å². The van der Waals surface area contributed by atoms with Crippen molar-refractivity contribution >= 4 is 17.4 Å². The average Bonchev–Trinajstić information content (AvgIpc) is 2.44. The fourth-order valence-corrected chi connectivity index (χ4v) is 3.34. The number of rotatable bonds is 9. The van der Waals surface area contributed by atoms with E-state index < -0.39 is 0 Å². The lowest BCUT2D eigenvalue weighted by Gasteiger charge is -2.31. The lowest BCUT2D eigenvalue weighted by atomic mass is 10.1. The number of hydrogen-bond acceptors (Lipinski definition) is 3. The zero-order valence-electron chi connectivity index (χ0n) is 13.7. The van der Waals surface area contributed by atoms with Crippen LogP contribution in [-0.2, 0) is 6.54 Å². The largest absolute Gasteiger partial charge is 0.371 e. The number of hydrogen-bond donors (Lipinski definition) is 1. The zero-order chi connectivity index (χ0) is 15.0. The van der Waals surface area contributed by atoms with Gasteiger partial charge < -0.3 is 10.2 Å². The first-order chi connectivity index (χ1) is 9.63.